The van der Waals surface area contributed by atoms with Gasteiger partial charge in [-0.15, -0.1) is 0 Å². The van der Waals surface area contributed by atoms with Gasteiger partial charge in [0.25, 0.3) is 5.56 Å². The first kappa shape index (κ1) is 12.3. The van der Waals surface area contributed by atoms with Crippen LogP contribution in [-0.4, -0.2) is 17.1 Å². The minimum absolute atomic E-state index is 0.184. The second-order valence-electron chi connectivity index (χ2n) is 3.48. The highest BCUT2D eigenvalue weighted by atomic mass is 32.2. The van der Waals surface area contributed by atoms with E-state index in [9.17, 15) is 4.79 Å². The van der Waals surface area contributed by atoms with Crippen LogP contribution in [-0.2, 0) is 0 Å². The molecule has 5 N–H and O–H groups in total. The van der Waals surface area contributed by atoms with Crippen molar-refractivity contribution in [2.24, 2.45) is 0 Å². The van der Waals surface area contributed by atoms with Gasteiger partial charge in [-0.2, -0.15) is 0 Å². The second kappa shape index (κ2) is 5.01. The molecule has 0 spiro atoms. The lowest BCUT2D eigenvalue weighted by Crippen LogP contribution is -2.09. The van der Waals surface area contributed by atoms with Crippen LogP contribution in [0.25, 0.3) is 0 Å². The van der Waals surface area contributed by atoms with E-state index in [1.165, 1.54) is 17.8 Å². The predicted octanol–water partition coefficient (Wildman–Crippen LogP) is 1.09. The molecule has 7 heteroatoms. The van der Waals surface area contributed by atoms with Gasteiger partial charge in [0.05, 0.1) is 12.8 Å². The largest absolute Gasteiger partial charge is 0.495 e. The van der Waals surface area contributed by atoms with Crippen molar-refractivity contribution < 1.29 is 4.74 Å². The molecule has 0 unspecified atom stereocenters. The number of hydrogen-bond donors (Lipinski definition) is 3. The highest BCUT2D eigenvalue weighted by molar-refractivity contribution is 7.99. The van der Waals surface area contributed by atoms with Gasteiger partial charge in [0.15, 0.2) is 5.16 Å². The maximum atomic E-state index is 11.2. The molecule has 2 rings (SSSR count). The van der Waals surface area contributed by atoms with Gasteiger partial charge >= 0.3 is 0 Å². The van der Waals surface area contributed by atoms with Crippen molar-refractivity contribution in [1.29, 1.82) is 0 Å². The Morgan fingerprint density at radius 3 is 2.78 bits per heavy atom. The molecule has 1 aromatic carbocycles. The standard InChI is InChI=1S/C11H12N4O2S/c1-17-8-4-6(2-3-7(8)12)18-11-14-9(13)5-10(16)15-11/h2-5H,12H2,1H3,(H3,13,14,15,16). The Kier molecular flexibility index (Phi) is 3.42. The van der Waals surface area contributed by atoms with Crippen LogP contribution < -0.4 is 21.8 Å². The molecular weight excluding hydrogens is 252 g/mol. The van der Waals surface area contributed by atoms with Crippen LogP contribution in [0.1, 0.15) is 0 Å². The van der Waals surface area contributed by atoms with Crippen molar-refractivity contribution in [1.82, 2.24) is 9.97 Å². The van der Waals surface area contributed by atoms with Crippen molar-refractivity contribution in [2.75, 3.05) is 18.6 Å². The molecule has 0 radical (unpaired) electrons. The van der Waals surface area contributed by atoms with Gasteiger partial charge in [0.1, 0.15) is 11.6 Å². The van der Waals surface area contributed by atoms with Crippen molar-refractivity contribution in [3.63, 3.8) is 0 Å². The number of nitrogens with two attached hydrogens (primary N) is 2. The molecule has 0 aliphatic carbocycles. The SMILES string of the molecule is COc1cc(Sc2nc(N)cc(=O)[nH]2)ccc1N. The molecule has 1 aromatic heterocycles. The number of benzene rings is 1. The molecule has 2 aromatic rings. The smallest absolute Gasteiger partial charge is 0.253 e. The number of methoxy groups -OCH3 is 1. The van der Waals surface area contributed by atoms with Crippen LogP contribution in [0.2, 0.25) is 0 Å². The summed E-state index contributed by atoms with van der Waals surface area (Å²) in [4.78, 5) is 18.7. The summed E-state index contributed by atoms with van der Waals surface area (Å²) in [6.45, 7) is 0. The summed E-state index contributed by atoms with van der Waals surface area (Å²) < 4.78 is 5.12. The summed E-state index contributed by atoms with van der Waals surface area (Å²) in [5, 5.41) is 0.423. The van der Waals surface area contributed by atoms with Crippen LogP contribution in [0.5, 0.6) is 5.75 Å². The third-order valence-corrected chi connectivity index (χ3v) is 3.04. The minimum Gasteiger partial charge on any atom is -0.495 e. The average molecular weight is 264 g/mol. The van der Waals surface area contributed by atoms with Gasteiger partial charge in [-0.3, -0.25) is 4.79 Å². The second-order valence-corrected chi connectivity index (χ2v) is 4.54. The normalized spacial score (nSPS) is 10.3. The van der Waals surface area contributed by atoms with Gasteiger partial charge < -0.3 is 21.2 Å². The Morgan fingerprint density at radius 1 is 1.33 bits per heavy atom. The number of aromatic amines is 1. The van der Waals surface area contributed by atoms with Crippen LogP contribution >= 0.6 is 11.8 Å². The predicted molar refractivity (Wildman–Crippen MR) is 70.8 cm³/mol. The fraction of sp³-hybridized carbons (Fsp3) is 0.0909. The van der Waals surface area contributed by atoms with E-state index in [0.717, 1.165) is 4.90 Å². The third kappa shape index (κ3) is 2.75. The maximum Gasteiger partial charge on any atom is 0.253 e. The van der Waals surface area contributed by atoms with E-state index in [0.29, 0.717) is 16.6 Å². The van der Waals surface area contributed by atoms with Crippen LogP contribution in [0.3, 0.4) is 0 Å². The third-order valence-electron chi connectivity index (χ3n) is 2.16. The molecular formula is C11H12N4O2S. The molecule has 0 bridgehead atoms. The molecule has 0 aliphatic heterocycles. The highest BCUT2D eigenvalue weighted by Crippen LogP contribution is 2.30. The lowest BCUT2D eigenvalue weighted by atomic mass is 10.3. The lowest BCUT2D eigenvalue weighted by Gasteiger charge is -2.06. The molecule has 18 heavy (non-hydrogen) atoms. The summed E-state index contributed by atoms with van der Waals surface area (Å²) in [6.07, 6.45) is 0. The monoisotopic (exact) mass is 264 g/mol. The van der Waals surface area contributed by atoms with Crippen molar-refractivity contribution in [2.45, 2.75) is 10.1 Å². The molecule has 6 nitrogen and oxygen atoms in total. The van der Waals surface area contributed by atoms with E-state index >= 15 is 0 Å². The molecule has 0 saturated heterocycles. The Morgan fingerprint density at radius 2 is 2.11 bits per heavy atom. The number of nitrogens with zero attached hydrogens (tertiary/aromatic N) is 1. The molecule has 0 saturated carbocycles. The maximum absolute atomic E-state index is 11.2. The summed E-state index contributed by atoms with van der Waals surface area (Å²) in [5.41, 5.74) is 11.5. The molecule has 0 fully saturated rings. The van der Waals surface area contributed by atoms with E-state index in [1.807, 2.05) is 6.07 Å². The summed E-state index contributed by atoms with van der Waals surface area (Å²) in [6, 6.07) is 6.54. The molecule has 0 amide bonds. The number of hydrogen-bond acceptors (Lipinski definition) is 6. The highest BCUT2D eigenvalue weighted by Gasteiger charge is 2.05. The number of nitrogens with one attached hydrogen (secondary N) is 1. The first-order valence-corrected chi connectivity index (χ1v) is 5.88. The molecule has 94 valence electrons. The number of anilines is 2. The lowest BCUT2D eigenvalue weighted by molar-refractivity contribution is 0.416. The zero-order valence-electron chi connectivity index (χ0n) is 9.64. The number of H-pyrrole nitrogens is 1. The number of nitrogen functional groups attached to an aromatic ring is 2. The number of ether oxygens (including phenoxy) is 1. The van der Waals surface area contributed by atoms with Crippen LogP contribution in [0, 0.1) is 0 Å². The van der Waals surface area contributed by atoms with Gasteiger partial charge in [-0.1, -0.05) is 11.8 Å². The Balaban J connectivity index is 2.31. The fourth-order valence-corrected chi connectivity index (χ4v) is 2.20. The van der Waals surface area contributed by atoms with Crippen molar-refractivity contribution >= 4 is 23.3 Å². The van der Waals surface area contributed by atoms with Crippen LogP contribution in [0.4, 0.5) is 11.5 Å². The number of rotatable bonds is 3. The van der Waals surface area contributed by atoms with Gasteiger partial charge in [-0.05, 0) is 18.2 Å². The van der Waals surface area contributed by atoms with E-state index in [1.54, 1.807) is 19.2 Å². The topological polar surface area (TPSA) is 107 Å². The van der Waals surface area contributed by atoms with E-state index in [2.05, 4.69) is 9.97 Å². The summed E-state index contributed by atoms with van der Waals surface area (Å²) >= 11 is 1.27. The fourth-order valence-electron chi connectivity index (χ4n) is 1.37. The van der Waals surface area contributed by atoms with E-state index in [4.69, 9.17) is 16.2 Å². The van der Waals surface area contributed by atoms with E-state index in [-0.39, 0.29) is 11.4 Å². The Labute approximate surface area is 107 Å². The zero-order valence-corrected chi connectivity index (χ0v) is 10.5. The Hall–Kier alpha value is -2.15. The summed E-state index contributed by atoms with van der Waals surface area (Å²) in [5.74, 6) is 0.759. The molecule has 0 aliphatic rings. The average Bonchev–Trinajstić information content (AvgIpc) is 2.30. The van der Waals surface area contributed by atoms with Crippen molar-refractivity contribution in [3.05, 3.63) is 34.6 Å². The van der Waals surface area contributed by atoms with Gasteiger partial charge in [-0.25, -0.2) is 4.98 Å². The first-order chi connectivity index (χ1) is 8.58. The Bertz CT molecular complexity index is 627. The van der Waals surface area contributed by atoms with Gasteiger partial charge in [0, 0.05) is 11.0 Å². The molecule has 1 heterocycles. The first-order valence-electron chi connectivity index (χ1n) is 5.06. The van der Waals surface area contributed by atoms with Gasteiger partial charge in [0.2, 0.25) is 0 Å². The minimum atomic E-state index is -0.285. The zero-order chi connectivity index (χ0) is 13.1. The quantitative estimate of drug-likeness (QED) is 0.566. The number of aromatic nitrogens is 2. The molecule has 0 atom stereocenters. The summed E-state index contributed by atoms with van der Waals surface area (Å²) in [7, 11) is 1.54. The van der Waals surface area contributed by atoms with E-state index < -0.39 is 0 Å². The van der Waals surface area contributed by atoms with Crippen LogP contribution in [0.15, 0.2) is 39.1 Å². The van der Waals surface area contributed by atoms with Crippen molar-refractivity contribution in [3.8, 4) is 5.75 Å².